The van der Waals surface area contributed by atoms with Crippen molar-refractivity contribution in [3.05, 3.63) is 15.6 Å². The van der Waals surface area contributed by atoms with Gasteiger partial charge in [0.05, 0.1) is 17.8 Å². The minimum absolute atomic E-state index is 0.118. The molecule has 0 aliphatic carbocycles. The third-order valence-electron chi connectivity index (χ3n) is 3.12. The maximum atomic E-state index is 11.8. The van der Waals surface area contributed by atoms with E-state index >= 15 is 0 Å². The molecule has 0 aliphatic heterocycles. The van der Waals surface area contributed by atoms with Gasteiger partial charge >= 0.3 is 5.97 Å². The lowest BCUT2D eigenvalue weighted by atomic mass is 10.1. The molecule has 5 heteroatoms. The van der Waals surface area contributed by atoms with Crippen LogP contribution in [0.15, 0.2) is 0 Å². The van der Waals surface area contributed by atoms with E-state index in [1.54, 1.807) is 11.3 Å². The molecule has 0 aliphatic rings. The average molecular weight is 284 g/mol. The second-order valence-corrected chi connectivity index (χ2v) is 6.02. The maximum Gasteiger partial charge on any atom is 0.322 e. The van der Waals surface area contributed by atoms with E-state index in [1.807, 2.05) is 13.8 Å². The predicted molar refractivity (Wildman–Crippen MR) is 78.5 cm³/mol. The van der Waals surface area contributed by atoms with Crippen LogP contribution >= 0.6 is 11.3 Å². The number of ether oxygens (including phenoxy) is 1. The van der Waals surface area contributed by atoms with Gasteiger partial charge in [-0.2, -0.15) is 0 Å². The number of rotatable bonds is 7. The van der Waals surface area contributed by atoms with Crippen LogP contribution in [-0.2, 0) is 9.53 Å². The Kier molecular flexibility index (Phi) is 6.45. The lowest BCUT2D eigenvalue weighted by Crippen LogP contribution is -2.39. The fourth-order valence-corrected chi connectivity index (χ4v) is 3.08. The molecule has 0 radical (unpaired) electrons. The lowest BCUT2D eigenvalue weighted by molar-refractivity contribution is -0.143. The molecule has 2 unspecified atom stereocenters. The standard InChI is InChI=1S/C14H24N2O2S/c1-6-7-8-12(14(17)18-5)16-10(3)13-9(2)15-11(4)19-13/h10,12,16H,6-8H2,1-5H3. The van der Waals surface area contributed by atoms with Gasteiger partial charge in [-0.1, -0.05) is 19.8 Å². The summed E-state index contributed by atoms with van der Waals surface area (Å²) in [6.07, 6.45) is 2.90. The van der Waals surface area contributed by atoms with Crippen molar-refractivity contribution in [3.63, 3.8) is 0 Å². The molecule has 19 heavy (non-hydrogen) atoms. The summed E-state index contributed by atoms with van der Waals surface area (Å²) < 4.78 is 4.87. The number of aromatic nitrogens is 1. The van der Waals surface area contributed by atoms with E-state index in [0.29, 0.717) is 0 Å². The van der Waals surface area contributed by atoms with Crippen LogP contribution in [-0.4, -0.2) is 24.1 Å². The Morgan fingerprint density at radius 3 is 2.63 bits per heavy atom. The Morgan fingerprint density at radius 1 is 1.47 bits per heavy atom. The third-order valence-corrected chi connectivity index (χ3v) is 4.37. The summed E-state index contributed by atoms with van der Waals surface area (Å²) in [6.45, 7) is 8.20. The van der Waals surface area contributed by atoms with Crippen molar-refractivity contribution in [1.29, 1.82) is 0 Å². The van der Waals surface area contributed by atoms with Gasteiger partial charge in [0, 0.05) is 10.9 Å². The van der Waals surface area contributed by atoms with Crippen molar-refractivity contribution in [3.8, 4) is 0 Å². The normalized spacial score (nSPS) is 14.2. The summed E-state index contributed by atoms with van der Waals surface area (Å²) in [6, 6.07) is -0.117. The summed E-state index contributed by atoms with van der Waals surface area (Å²) in [4.78, 5) is 17.4. The average Bonchev–Trinajstić information content (AvgIpc) is 2.72. The van der Waals surface area contributed by atoms with E-state index in [4.69, 9.17) is 4.74 Å². The fraction of sp³-hybridized carbons (Fsp3) is 0.714. The van der Waals surface area contributed by atoms with Gasteiger partial charge in [-0.05, 0) is 27.2 Å². The number of thiazole rings is 1. The number of aryl methyl sites for hydroxylation is 2. The quantitative estimate of drug-likeness (QED) is 0.782. The Hall–Kier alpha value is -0.940. The number of nitrogens with one attached hydrogen (secondary N) is 1. The van der Waals surface area contributed by atoms with Crippen LogP contribution in [0.4, 0.5) is 0 Å². The molecular weight excluding hydrogens is 260 g/mol. The van der Waals surface area contributed by atoms with Crippen molar-refractivity contribution in [1.82, 2.24) is 10.3 Å². The van der Waals surface area contributed by atoms with Crippen molar-refractivity contribution in [2.24, 2.45) is 0 Å². The molecule has 0 amide bonds. The van der Waals surface area contributed by atoms with Crippen LogP contribution in [0, 0.1) is 13.8 Å². The monoisotopic (exact) mass is 284 g/mol. The van der Waals surface area contributed by atoms with Crippen molar-refractivity contribution < 1.29 is 9.53 Å². The molecule has 4 nitrogen and oxygen atoms in total. The van der Waals surface area contributed by atoms with E-state index < -0.39 is 0 Å². The number of carbonyl (C=O) groups excluding carboxylic acids is 1. The zero-order valence-corrected chi connectivity index (χ0v) is 13.3. The third kappa shape index (κ3) is 4.58. The highest BCUT2D eigenvalue weighted by Crippen LogP contribution is 2.25. The lowest BCUT2D eigenvalue weighted by Gasteiger charge is -2.21. The van der Waals surface area contributed by atoms with E-state index in [1.165, 1.54) is 12.0 Å². The Balaban J connectivity index is 2.72. The highest BCUT2D eigenvalue weighted by atomic mass is 32.1. The Morgan fingerprint density at radius 2 is 2.16 bits per heavy atom. The van der Waals surface area contributed by atoms with Crippen molar-refractivity contribution in [2.75, 3.05) is 7.11 Å². The van der Waals surface area contributed by atoms with Crippen LogP contribution in [0.3, 0.4) is 0 Å². The Bertz CT molecular complexity index is 418. The zero-order chi connectivity index (χ0) is 14.4. The highest BCUT2D eigenvalue weighted by Gasteiger charge is 2.22. The second kappa shape index (κ2) is 7.60. The molecule has 1 aromatic rings. The minimum Gasteiger partial charge on any atom is -0.468 e. The number of esters is 1. The first-order valence-corrected chi connectivity index (χ1v) is 7.59. The molecule has 1 aromatic heterocycles. The van der Waals surface area contributed by atoms with Crippen molar-refractivity contribution >= 4 is 17.3 Å². The van der Waals surface area contributed by atoms with Gasteiger partial charge in [-0.25, -0.2) is 4.98 Å². The molecule has 0 spiro atoms. The molecule has 0 fully saturated rings. The predicted octanol–water partition coefficient (Wildman–Crippen LogP) is 3.14. The smallest absolute Gasteiger partial charge is 0.322 e. The number of methoxy groups -OCH3 is 1. The van der Waals surface area contributed by atoms with Gasteiger partial charge in [0.25, 0.3) is 0 Å². The molecule has 108 valence electrons. The van der Waals surface area contributed by atoms with Gasteiger partial charge in [0.2, 0.25) is 0 Å². The first kappa shape index (κ1) is 16.1. The SMILES string of the molecule is CCCCC(NC(C)c1sc(C)nc1C)C(=O)OC. The number of hydrogen-bond acceptors (Lipinski definition) is 5. The molecule has 1 N–H and O–H groups in total. The summed E-state index contributed by atoms with van der Waals surface area (Å²) in [5.74, 6) is -0.181. The number of unbranched alkanes of at least 4 members (excludes halogenated alkanes) is 1. The van der Waals surface area contributed by atoms with E-state index in [0.717, 1.165) is 30.0 Å². The minimum atomic E-state index is -0.234. The van der Waals surface area contributed by atoms with Gasteiger partial charge in [-0.15, -0.1) is 11.3 Å². The fourth-order valence-electron chi connectivity index (χ4n) is 2.15. The van der Waals surface area contributed by atoms with Crippen LogP contribution in [0.1, 0.15) is 54.7 Å². The first-order valence-electron chi connectivity index (χ1n) is 6.77. The summed E-state index contributed by atoms with van der Waals surface area (Å²) in [5, 5.41) is 4.43. The highest BCUT2D eigenvalue weighted by molar-refractivity contribution is 7.11. The van der Waals surface area contributed by atoms with Crippen LogP contribution in [0.5, 0.6) is 0 Å². The molecular formula is C14H24N2O2S. The van der Waals surface area contributed by atoms with E-state index in [9.17, 15) is 4.79 Å². The Labute approximate surface area is 119 Å². The van der Waals surface area contributed by atoms with Crippen molar-refractivity contribution in [2.45, 2.75) is 59.0 Å². The van der Waals surface area contributed by atoms with Crippen LogP contribution in [0.25, 0.3) is 0 Å². The topological polar surface area (TPSA) is 51.2 Å². The first-order chi connectivity index (χ1) is 8.99. The number of hydrogen-bond donors (Lipinski definition) is 1. The van der Waals surface area contributed by atoms with Gasteiger partial charge in [0.15, 0.2) is 0 Å². The zero-order valence-electron chi connectivity index (χ0n) is 12.4. The summed E-state index contributed by atoms with van der Waals surface area (Å²) in [7, 11) is 1.44. The van der Waals surface area contributed by atoms with E-state index in [2.05, 4.69) is 24.1 Å². The van der Waals surface area contributed by atoms with Gasteiger partial charge in [-0.3, -0.25) is 10.1 Å². The number of carbonyl (C=O) groups is 1. The van der Waals surface area contributed by atoms with E-state index in [-0.39, 0.29) is 18.1 Å². The largest absolute Gasteiger partial charge is 0.468 e. The summed E-state index contributed by atoms with van der Waals surface area (Å²) >= 11 is 1.68. The maximum absolute atomic E-state index is 11.8. The molecule has 0 saturated carbocycles. The molecule has 0 aromatic carbocycles. The van der Waals surface area contributed by atoms with Gasteiger partial charge in [0.1, 0.15) is 6.04 Å². The summed E-state index contributed by atoms with van der Waals surface area (Å²) in [5.41, 5.74) is 1.04. The molecule has 1 heterocycles. The second-order valence-electron chi connectivity index (χ2n) is 4.79. The molecule has 0 saturated heterocycles. The van der Waals surface area contributed by atoms with Crippen LogP contribution < -0.4 is 5.32 Å². The number of nitrogens with zero attached hydrogens (tertiary/aromatic N) is 1. The molecule has 0 bridgehead atoms. The molecule has 2 atom stereocenters. The molecule has 1 rings (SSSR count). The van der Waals surface area contributed by atoms with Crippen LogP contribution in [0.2, 0.25) is 0 Å². The van der Waals surface area contributed by atoms with Gasteiger partial charge < -0.3 is 4.74 Å².